The molecular weight excluding hydrogens is 260 g/mol. The fraction of sp³-hybridized carbons (Fsp3) is 0.471. The predicted octanol–water partition coefficient (Wildman–Crippen LogP) is 2.72. The van der Waals surface area contributed by atoms with E-state index in [1.807, 2.05) is 0 Å². The Kier molecular flexibility index (Phi) is 4.13. The smallest absolute Gasteiger partial charge is 0.188 e. The molecule has 0 bridgehead atoms. The number of benzene rings is 1. The molecule has 1 aromatic carbocycles. The molecule has 1 fully saturated rings. The van der Waals surface area contributed by atoms with Gasteiger partial charge in [0.1, 0.15) is 0 Å². The summed E-state index contributed by atoms with van der Waals surface area (Å²) in [6.07, 6.45) is 7.01. The normalized spacial score (nSPS) is 16.1. The number of aryl methyl sites for hydroxylation is 1. The van der Waals surface area contributed by atoms with Gasteiger partial charge in [0.05, 0.1) is 0 Å². The maximum absolute atomic E-state index is 5.90. The van der Waals surface area contributed by atoms with Crippen molar-refractivity contribution in [3.05, 3.63) is 35.5 Å². The molecule has 1 aromatic heterocycles. The highest BCUT2D eigenvalue weighted by Gasteiger charge is 2.16. The van der Waals surface area contributed by atoms with Gasteiger partial charge in [0, 0.05) is 30.2 Å². The van der Waals surface area contributed by atoms with Crippen molar-refractivity contribution in [1.82, 2.24) is 10.3 Å². The summed E-state index contributed by atoms with van der Waals surface area (Å²) in [6.45, 7) is 3.81. The molecule has 0 spiro atoms. The Morgan fingerprint density at radius 3 is 3.05 bits per heavy atom. The van der Waals surface area contributed by atoms with Crippen molar-refractivity contribution in [3.8, 4) is 0 Å². The second-order valence-electron chi connectivity index (χ2n) is 6.06. The molecule has 3 rings (SSSR count). The number of nitrogens with two attached hydrogens (primary N) is 1. The number of guanidine groups is 1. The van der Waals surface area contributed by atoms with Crippen LogP contribution in [0.25, 0.3) is 10.9 Å². The number of nitrogens with zero attached hydrogens (tertiary/aromatic N) is 1. The molecular formula is C17H24N4. The second-order valence-corrected chi connectivity index (χ2v) is 6.06. The number of nitrogens with one attached hydrogen (secondary N) is 2. The lowest BCUT2D eigenvalue weighted by Crippen LogP contribution is -2.34. The summed E-state index contributed by atoms with van der Waals surface area (Å²) in [7, 11) is 0. The molecule has 0 aliphatic heterocycles. The van der Waals surface area contributed by atoms with Crippen molar-refractivity contribution in [3.63, 3.8) is 0 Å². The average Bonchev–Trinajstić information content (AvgIpc) is 2.79. The summed E-state index contributed by atoms with van der Waals surface area (Å²) >= 11 is 0. The summed E-state index contributed by atoms with van der Waals surface area (Å²) in [4.78, 5) is 7.75. The number of aromatic nitrogens is 1. The van der Waals surface area contributed by atoms with Gasteiger partial charge in [0.2, 0.25) is 0 Å². The number of rotatable bonds is 5. The zero-order valence-corrected chi connectivity index (χ0v) is 12.7. The van der Waals surface area contributed by atoms with E-state index in [9.17, 15) is 0 Å². The van der Waals surface area contributed by atoms with Crippen LogP contribution < -0.4 is 11.1 Å². The van der Waals surface area contributed by atoms with E-state index in [0.717, 1.165) is 25.4 Å². The molecule has 112 valence electrons. The van der Waals surface area contributed by atoms with Crippen molar-refractivity contribution in [2.75, 3.05) is 13.1 Å². The molecule has 0 radical (unpaired) electrons. The van der Waals surface area contributed by atoms with E-state index in [1.165, 1.54) is 41.3 Å². The van der Waals surface area contributed by atoms with Crippen LogP contribution in [0, 0.1) is 12.8 Å². The van der Waals surface area contributed by atoms with Crippen LogP contribution in [0.15, 0.2) is 29.4 Å². The van der Waals surface area contributed by atoms with Crippen LogP contribution in [0.4, 0.5) is 0 Å². The molecule has 0 amide bonds. The largest absolute Gasteiger partial charge is 0.370 e. The fourth-order valence-corrected chi connectivity index (χ4v) is 2.79. The third kappa shape index (κ3) is 3.38. The van der Waals surface area contributed by atoms with E-state index in [0.29, 0.717) is 5.96 Å². The number of fused-ring (bicyclic) bond motifs is 1. The molecule has 2 aromatic rings. The fourth-order valence-electron chi connectivity index (χ4n) is 2.79. The van der Waals surface area contributed by atoms with E-state index < -0.39 is 0 Å². The average molecular weight is 284 g/mol. The minimum Gasteiger partial charge on any atom is -0.370 e. The van der Waals surface area contributed by atoms with Gasteiger partial charge in [-0.25, -0.2) is 0 Å². The molecule has 1 aliphatic rings. The summed E-state index contributed by atoms with van der Waals surface area (Å²) < 4.78 is 0. The molecule has 4 N–H and O–H groups in total. The van der Waals surface area contributed by atoms with Crippen molar-refractivity contribution in [1.29, 1.82) is 0 Å². The van der Waals surface area contributed by atoms with Crippen molar-refractivity contribution >= 4 is 16.9 Å². The molecule has 0 saturated heterocycles. The van der Waals surface area contributed by atoms with E-state index in [1.54, 1.807) is 0 Å². The van der Waals surface area contributed by atoms with Crippen LogP contribution >= 0.6 is 0 Å². The maximum atomic E-state index is 5.90. The summed E-state index contributed by atoms with van der Waals surface area (Å²) in [5.74, 6) is 1.35. The van der Waals surface area contributed by atoms with Gasteiger partial charge in [0.25, 0.3) is 0 Å². The molecule has 0 unspecified atom stereocenters. The minimum absolute atomic E-state index is 0.581. The Bertz CT molecular complexity index is 637. The van der Waals surface area contributed by atoms with Gasteiger partial charge in [-0.3, -0.25) is 4.99 Å². The first-order valence-electron chi connectivity index (χ1n) is 7.83. The number of hydrogen-bond donors (Lipinski definition) is 3. The highest BCUT2D eigenvalue weighted by Crippen LogP contribution is 2.26. The second kappa shape index (κ2) is 6.20. The quantitative estimate of drug-likeness (QED) is 0.584. The van der Waals surface area contributed by atoms with Gasteiger partial charge in [0.15, 0.2) is 5.96 Å². The number of H-pyrrole nitrogens is 1. The Balaban J connectivity index is 1.51. The molecule has 0 atom stereocenters. The van der Waals surface area contributed by atoms with Gasteiger partial charge in [-0.1, -0.05) is 18.6 Å². The number of hydrogen-bond acceptors (Lipinski definition) is 1. The van der Waals surface area contributed by atoms with Crippen molar-refractivity contribution < 1.29 is 0 Å². The van der Waals surface area contributed by atoms with Crippen LogP contribution in [-0.2, 0) is 6.42 Å². The van der Waals surface area contributed by atoms with Crippen molar-refractivity contribution in [2.24, 2.45) is 16.6 Å². The lowest BCUT2D eigenvalue weighted by molar-refractivity contribution is 0.326. The minimum atomic E-state index is 0.581. The SMILES string of the molecule is Cc1ccc2c(CCNC(N)=NCC3CCC3)c[nH]c2c1. The van der Waals surface area contributed by atoms with Crippen molar-refractivity contribution in [2.45, 2.75) is 32.6 Å². The third-order valence-corrected chi connectivity index (χ3v) is 4.37. The predicted molar refractivity (Wildman–Crippen MR) is 88.6 cm³/mol. The summed E-state index contributed by atoms with van der Waals surface area (Å²) in [5, 5.41) is 4.51. The topological polar surface area (TPSA) is 66.2 Å². The van der Waals surface area contributed by atoms with E-state index in [-0.39, 0.29) is 0 Å². The molecule has 1 aliphatic carbocycles. The maximum Gasteiger partial charge on any atom is 0.188 e. The molecule has 4 nitrogen and oxygen atoms in total. The highest BCUT2D eigenvalue weighted by molar-refractivity contribution is 5.84. The van der Waals surface area contributed by atoms with Crippen LogP contribution in [0.2, 0.25) is 0 Å². The Morgan fingerprint density at radius 2 is 2.29 bits per heavy atom. The lowest BCUT2D eigenvalue weighted by atomic mass is 9.86. The first-order chi connectivity index (χ1) is 10.2. The summed E-state index contributed by atoms with van der Waals surface area (Å²) in [5.41, 5.74) is 9.71. The van der Waals surface area contributed by atoms with E-state index in [4.69, 9.17) is 5.73 Å². The van der Waals surface area contributed by atoms with E-state index in [2.05, 4.69) is 46.6 Å². The Labute approximate surface area is 125 Å². The zero-order valence-electron chi connectivity index (χ0n) is 12.7. The van der Waals surface area contributed by atoms with Gasteiger partial charge in [-0.2, -0.15) is 0 Å². The standard InChI is InChI=1S/C17H24N4/c1-12-5-6-15-14(11-20-16(15)9-12)7-8-19-17(18)21-10-13-3-2-4-13/h5-6,9,11,13,20H,2-4,7-8,10H2,1H3,(H3,18,19,21). The van der Waals surface area contributed by atoms with Crippen LogP contribution in [0.1, 0.15) is 30.4 Å². The van der Waals surface area contributed by atoms with Crippen LogP contribution in [0.5, 0.6) is 0 Å². The number of aliphatic imine (C=N–C) groups is 1. The monoisotopic (exact) mass is 284 g/mol. The third-order valence-electron chi connectivity index (χ3n) is 4.37. The van der Waals surface area contributed by atoms with Gasteiger partial charge < -0.3 is 16.0 Å². The molecule has 21 heavy (non-hydrogen) atoms. The Hall–Kier alpha value is -1.97. The summed E-state index contributed by atoms with van der Waals surface area (Å²) in [6, 6.07) is 6.52. The van der Waals surface area contributed by atoms with Crippen LogP contribution in [-0.4, -0.2) is 24.0 Å². The molecule has 4 heteroatoms. The first kappa shape index (κ1) is 14.0. The number of aromatic amines is 1. The van der Waals surface area contributed by atoms with Gasteiger partial charge in [-0.05, 0) is 49.3 Å². The lowest BCUT2D eigenvalue weighted by Gasteiger charge is -2.23. The van der Waals surface area contributed by atoms with Gasteiger partial charge >= 0.3 is 0 Å². The molecule has 1 saturated carbocycles. The molecule has 1 heterocycles. The highest BCUT2D eigenvalue weighted by atomic mass is 15.1. The van der Waals surface area contributed by atoms with Crippen LogP contribution in [0.3, 0.4) is 0 Å². The van der Waals surface area contributed by atoms with E-state index >= 15 is 0 Å². The first-order valence-corrected chi connectivity index (χ1v) is 7.83. The Morgan fingerprint density at radius 1 is 1.43 bits per heavy atom. The zero-order chi connectivity index (χ0) is 14.7. The van der Waals surface area contributed by atoms with Gasteiger partial charge in [-0.15, -0.1) is 0 Å².